The Balaban J connectivity index is 1.34. The van der Waals surface area contributed by atoms with Crippen LogP contribution in [0.5, 0.6) is 11.5 Å². The lowest BCUT2D eigenvalue weighted by atomic mass is 10.1. The van der Waals surface area contributed by atoms with E-state index in [2.05, 4.69) is 32.7 Å². The molecule has 6 heteroatoms. The molecule has 0 saturated carbocycles. The SMILES string of the molecule is Oc1cccc2c1CCC2Nc1cc(NC2CCc3c(O)cccc32)ncn1. The van der Waals surface area contributed by atoms with Crippen molar-refractivity contribution in [2.75, 3.05) is 10.6 Å². The van der Waals surface area contributed by atoms with Crippen LogP contribution in [0.4, 0.5) is 11.6 Å². The van der Waals surface area contributed by atoms with E-state index in [0.29, 0.717) is 11.5 Å². The molecular weight excluding hydrogens is 352 g/mol. The van der Waals surface area contributed by atoms with E-state index in [9.17, 15) is 10.2 Å². The molecule has 0 aliphatic heterocycles. The Morgan fingerprint density at radius 2 is 1.25 bits per heavy atom. The van der Waals surface area contributed by atoms with Crippen molar-refractivity contribution >= 4 is 11.6 Å². The molecule has 0 spiro atoms. The highest BCUT2D eigenvalue weighted by Crippen LogP contribution is 2.39. The number of benzene rings is 2. The molecule has 0 saturated heterocycles. The van der Waals surface area contributed by atoms with Crippen LogP contribution in [-0.4, -0.2) is 20.2 Å². The number of hydrogen-bond acceptors (Lipinski definition) is 6. The normalized spacial score (nSPS) is 19.9. The van der Waals surface area contributed by atoms with Crippen molar-refractivity contribution in [2.45, 2.75) is 37.8 Å². The summed E-state index contributed by atoms with van der Waals surface area (Å²) in [5.41, 5.74) is 4.31. The molecule has 1 aromatic heterocycles. The molecule has 6 nitrogen and oxygen atoms in total. The Kier molecular flexibility index (Phi) is 4.04. The number of fused-ring (bicyclic) bond motifs is 2. The number of aromatic nitrogens is 2. The number of hydrogen-bond donors (Lipinski definition) is 4. The smallest absolute Gasteiger partial charge is 0.131 e. The number of nitrogens with zero attached hydrogens (tertiary/aromatic N) is 2. The van der Waals surface area contributed by atoms with E-state index in [0.717, 1.165) is 59.6 Å². The summed E-state index contributed by atoms with van der Waals surface area (Å²) < 4.78 is 0. The number of anilines is 2. The number of nitrogens with one attached hydrogen (secondary N) is 2. The van der Waals surface area contributed by atoms with Crippen LogP contribution in [0.3, 0.4) is 0 Å². The second-order valence-electron chi connectivity index (χ2n) is 7.45. The minimum absolute atomic E-state index is 0.133. The molecule has 2 unspecified atom stereocenters. The summed E-state index contributed by atoms with van der Waals surface area (Å²) >= 11 is 0. The first-order chi connectivity index (χ1) is 13.7. The van der Waals surface area contributed by atoms with Crippen molar-refractivity contribution in [1.82, 2.24) is 9.97 Å². The van der Waals surface area contributed by atoms with Gasteiger partial charge in [0, 0.05) is 6.07 Å². The Morgan fingerprint density at radius 1 is 0.750 bits per heavy atom. The van der Waals surface area contributed by atoms with Crippen LogP contribution in [0.15, 0.2) is 48.8 Å². The van der Waals surface area contributed by atoms with E-state index in [1.165, 1.54) is 0 Å². The molecule has 2 aliphatic rings. The maximum absolute atomic E-state index is 10.0. The fraction of sp³-hybridized carbons (Fsp3) is 0.273. The van der Waals surface area contributed by atoms with E-state index in [-0.39, 0.29) is 12.1 Å². The van der Waals surface area contributed by atoms with Crippen molar-refractivity contribution in [3.8, 4) is 11.5 Å². The minimum Gasteiger partial charge on any atom is -0.508 e. The average Bonchev–Trinajstić information content (AvgIpc) is 3.29. The van der Waals surface area contributed by atoms with Gasteiger partial charge in [0.25, 0.3) is 0 Å². The lowest BCUT2D eigenvalue weighted by molar-refractivity contribution is 0.468. The standard InChI is InChI=1S/C22H22N4O2/c27-19-5-1-3-13-15(19)7-9-17(13)25-21-11-22(24-12-23-21)26-18-10-8-16-14(18)4-2-6-20(16)28/h1-6,11-12,17-18,27-28H,7-10H2,(H2,23,24,25,26). The molecule has 2 atom stereocenters. The molecule has 0 fully saturated rings. The maximum Gasteiger partial charge on any atom is 0.131 e. The zero-order valence-corrected chi connectivity index (χ0v) is 15.4. The molecule has 1 heterocycles. The molecule has 2 aromatic carbocycles. The summed E-state index contributed by atoms with van der Waals surface area (Å²) in [7, 11) is 0. The maximum atomic E-state index is 10.0. The van der Waals surface area contributed by atoms with Gasteiger partial charge in [0.15, 0.2) is 0 Å². The monoisotopic (exact) mass is 374 g/mol. The summed E-state index contributed by atoms with van der Waals surface area (Å²) in [6.45, 7) is 0. The van der Waals surface area contributed by atoms with Crippen molar-refractivity contribution in [3.05, 3.63) is 71.0 Å². The van der Waals surface area contributed by atoms with Crippen molar-refractivity contribution in [1.29, 1.82) is 0 Å². The first-order valence-corrected chi connectivity index (χ1v) is 9.65. The van der Waals surface area contributed by atoms with Crippen molar-refractivity contribution in [2.24, 2.45) is 0 Å². The van der Waals surface area contributed by atoms with Crippen LogP contribution < -0.4 is 10.6 Å². The van der Waals surface area contributed by atoms with Crippen molar-refractivity contribution in [3.63, 3.8) is 0 Å². The third-order valence-corrected chi connectivity index (χ3v) is 5.80. The summed E-state index contributed by atoms with van der Waals surface area (Å²) in [5, 5.41) is 27.0. The van der Waals surface area contributed by atoms with Crippen LogP contribution in [-0.2, 0) is 12.8 Å². The number of aromatic hydroxyl groups is 2. The summed E-state index contributed by atoms with van der Waals surface area (Å²) in [6.07, 6.45) is 5.13. The van der Waals surface area contributed by atoms with Gasteiger partial charge >= 0.3 is 0 Å². The van der Waals surface area contributed by atoms with E-state index >= 15 is 0 Å². The van der Waals surface area contributed by atoms with Gasteiger partial charge in [-0.2, -0.15) is 0 Å². The summed E-state index contributed by atoms with van der Waals surface area (Å²) in [5.74, 6) is 2.26. The predicted octanol–water partition coefficient (Wildman–Crippen LogP) is 4.09. The molecular formula is C22H22N4O2. The van der Waals surface area contributed by atoms with E-state index in [4.69, 9.17) is 0 Å². The lowest BCUT2D eigenvalue weighted by Crippen LogP contribution is -2.11. The zero-order chi connectivity index (χ0) is 19.1. The molecule has 3 aromatic rings. The van der Waals surface area contributed by atoms with Crippen LogP contribution in [0, 0.1) is 0 Å². The van der Waals surface area contributed by atoms with Gasteiger partial charge < -0.3 is 20.8 Å². The largest absolute Gasteiger partial charge is 0.508 e. The Hall–Kier alpha value is -3.28. The predicted molar refractivity (Wildman–Crippen MR) is 108 cm³/mol. The second-order valence-corrected chi connectivity index (χ2v) is 7.45. The lowest BCUT2D eigenvalue weighted by Gasteiger charge is -2.17. The molecule has 0 radical (unpaired) electrons. The van der Waals surface area contributed by atoms with E-state index in [1.807, 2.05) is 18.2 Å². The molecule has 142 valence electrons. The van der Waals surface area contributed by atoms with Crippen molar-refractivity contribution < 1.29 is 10.2 Å². The van der Waals surface area contributed by atoms with Gasteiger partial charge in [-0.05, 0) is 60.1 Å². The van der Waals surface area contributed by atoms with Gasteiger partial charge in [0.1, 0.15) is 29.5 Å². The molecule has 0 bridgehead atoms. The third-order valence-electron chi connectivity index (χ3n) is 5.80. The highest BCUT2D eigenvalue weighted by molar-refractivity contribution is 5.54. The van der Waals surface area contributed by atoms with Gasteiger partial charge in [-0.3, -0.25) is 0 Å². The first-order valence-electron chi connectivity index (χ1n) is 9.65. The van der Waals surface area contributed by atoms with Gasteiger partial charge in [-0.1, -0.05) is 24.3 Å². The number of rotatable bonds is 4. The number of phenolic OH excluding ortho intramolecular Hbond substituents is 2. The molecule has 5 rings (SSSR count). The average molecular weight is 374 g/mol. The summed E-state index contributed by atoms with van der Waals surface area (Å²) in [4.78, 5) is 8.73. The van der Waals surface area contributed by atoms with Gasteiger partial charge in [-0.15, -0.1) is 0 Å². The first kappa shape index (κ1) is 16.9. The highest BCUT2D eigenvalue weighted by Gasteiger charge is 2.26. The fourth-order valence-electron chi connectivity index (χ4n) is 4.44. The Bertz CT molecular complexity index is 958. The minimum atomic E-state index is 0.133. The summed E-state index contributed by atoms with van der Waals surface area (Å²) in [6, 6.07) is 13.5. The quantitative estimate of drug-likeness (QED) is 0.550. The third kappa shape index (κ3) is 2.91. The fourth-order valence-corrected chi connectivity index (χ4v) is 4.44. The zero-order valence-electron chi connectivity index (χ0n) is 15.4. The second kappa shape index (κ2) is 6.71. The van der Waals surface area contributed by atoms with Gasteiger partial charge in [-0.25, -0.2) is 9.97 Å². The molecule has 4 N–H and O–H groups in total. The molecule has 0 amide bonds. The highest BCUT2D eigenvalue weighted by atomic mass is 16.3. The van der Waals surface area contributed by atoms with Crippen LogP contribution >= 0.6 is 0 Å². The Morgan fingerprint density at radius 3 is 1.75 bits per heavy atom. The Labute approximate surface area is 163 Å². The van der Waals surface area contributed by atoms with Crippen LogP contribution in [0.2, 0.25) is 0 Å². The van der Waals surface area contributed by atoms with Crippen LogP contribution in [0.1, 0.15) is 47.2 Å². The topological polar surface area (TPSA) is 90.3 Å². The van der Waals surface area contributed by atoms with E-state index < -0.39 is 0 Å². The molecule has 2 aliphatic carbocycles. The van der Waals surface area contributed by atoms with Gasteiger partial charge in [0.2, 0.25) is 0 Å². The van der Waals surface area contributed by atoms with Gasteiger partial charge in [0.05, 0.1) is 12.1 Å². The van der Waals surface area contributed by atoms with Crippen LogP contribution in [0.25, 0.3) is 0 Å². The number of phenols is 2. The van der Waals surface area contributed by atoms with E-state index in [1.54, 1.807) is 18.5 Å². The molecule has 28 heavy (non-hydrogen) atoms.